The van der Waals surface area contributed by atoms with Gasteiger partial charge in [0.25, 0.3) is 0 Å². The van der Waals surface area contributed by atoms with Crippen molar-refractivity contribution in [1.29, 1.82) is 0 Å². The molecular formula is C11H22N2O. The molecule has 1 heterocycles. The molecule has 0 atom stereocenters. The van der Waals surface area contributed by atoms with E-state index < -0.39 is 0 Å². The molecule has 1 aliphatic rings. The highest BCUT2D eigenvalue weighted by atomic mass is 16.2. The predicted octanol–water partition coefficient (Wildman–Crippen LogP) is 1.34. The molecule has 1 rings (SSSR count). The van der Waals surface area contributed by atoms with Gasteiger partial charge in [-0.25, -0.2) is 0 Å². The summed E-state index contributed by atoms with van der Waals surface area (Å²) in [6.45, 7) is 8.84. The van der Waals surface area contributed by atoms with Gasteiger partial charge in [-0.15, -0.1) is 0 Å². The molecule has 0 N–H and O–H groups in total. The van der Waals surface area contributed by atoms with Gasteiger partial charge in [-0.05, 0) is 40.7 Å². The molecule has 1 aliphatic heterocycles. The minimum atomic E-state index is 0.0788. The van der Waals surface area contributed by atoms with Crippen LogP contribution in [0.3, 0.4) is 0 Å². The van der Waals surface area contributed by atoms with E-state index in [4.69, 9.17) is 0 Å². The van der Waals surface area contributed by atoms with Gasteiger partial charge in [0.15, 0.2) is 0 Å². The number of carbonyl (C=O) groups excluding carboxylic acids is 1. The van der Waals surface area contributed by atoms with E-state index in [-0.39, 0.29) is 11.4 Å². The fraction of sp³-hybridized carbons (Fsp3) is 0.909. The fourth-order valence-electron chi connectivity index (χ4n) is 1.51. The molecule has 0 bridgehead atoms. The third-order valence-corrected chi connectivity index (χ3v) is 2.98. The molecule has 1 amide bonds. The Balaban J connectivity index is 2.40. The van der Waals surface area contributed by atoms with Crippen molar-refractivity contribution < 1.29 is 4.79 Å². The first-order valence-corrected chi connectivity index (χ1v) is 5.40. The van der Waals surface area contributed by atoms with Gasteiger partial charge in [0, 0.05) is 18.6 Å². The van der Waals surface area contributed by atoms with Crippen molar-refractivity contribution in [2.45, 2.75) is 39.2 Å². The molecule has 0 aliphatic carbocycles. The van der Waals surface area contributed by atoms with Crippen LogP contribution in [0.5, 0.6) is 0 Å². The topological polar surface area (TPSA) is 23.6 Å². The second-order valence-corrected chi connectivity index (χ2v) is 5.11. The Kier molecular flexibility index (Phi) is 3.53. The summed E-state index contributed by atoms with van der Waals surface area (Å²) in [5.41, 5.74) is 0.0788. The van der Waals surface area contributed by atoms with E-state index in [2.05, 4.69) is 25.7 Å². The monoisotopic (exact) mass is 198 g/mol. The first-order chi connectivity index (χ1) is 6.41. The zero-order valence-corrected chi connectivity index (χ0v) is 9.84. The van der Waals surface area contributed by atoms with E-state index in [9.17, 15) is 4.79 Å². The number of rotatable bonds is 2. The van der Waals surface area contributed by atoms with Crippen LogP contribution < -0.4 is 0 Å². The van der Waals surface area contributed by atoms with Crippen molar-refractivity contribution in [1.82, 2.24) is 9.80 Å². The van der Waals surface area contributed by atoms with Crippen molar-refractivity contribution in [2.24, 2.45) is 0 Å². The van der Waals surface area contributed by atoms with E-state index in [1.807, 2.05) is 11.9 Å². The summed E-state index contributed by atoms with van der Waals surface area (Å²) in [6, 6.07) is 0. The van der Waals surface area contributed by atoms with Crippen LogP contribution in [0.2, 0.25) is 0 Å². The number of nitrogens with zero attached hydrogens (tertiary/aromatic N) is 2. The Labute approximate surface area is 87.1 Å². The van der Waals surface area contributed by atoms with Crippen LogP contribution >= 0.6 is 0 Å². The van der Waals surface area contributed by atoms with Crippen LogP contribution in [0.15, 0.2) is 0 Å². The number of amides is 1. The quantitative estimate of drug-likeness (QED) is 0.668. The highest BCUT2D eigenvalue weighted by Gasteiger charge is 2.23. The summed E-state index contributed by atoms with van der Waals surface area (Å²) < 4.78 is 0. The highest BCUT2D eigenvalue weighted by Crippen LogP contribution is 2.12. The summed E-state index contributed by atoms with van der Waals surface area (Å²) in [6.07, 6.45) is 2.34. The number of likely N-dealkylation sites (N-methyl/N-ethyl adjacent to an activating group) is 1. The Morgan fingerprint density at radius 1 is 1.29 bits per heavy atom. The van der Waals surface area contributed by atoms with E-state index in [1.54, 1.807) is 0 Å². The van der Waals surface area contributed by atoms with E-state index in [0.29, 0.717) is 6.54 Å². The molecule has 1 fully saturated rings. The minimum Gasteiger partial charge on any atom is -0.342 e. The van der Waals surface area contributed by atoms with Gasteiger partial charge in [-0.2, -0.15) is 0 Å². The van der Waals surface area contributed by atoms with Crippen LogP contribution in [0.1, 0.15) is 33.6 Å². The fourth-order valence-corrected chi connectivity index (χ4v) is 1.51. The second kappa shape index (κ2) is 4.30. The number of likely N-dealkylation sites (tertiary alicyclic amines) is 1. The number of hydrogen-bond acceptors (Lipinski definition) is 2. The summed E-state index contributed by atoms with van der Waals surface area (Å²) in [5, 5.41) is 0. The molecule has 1 saturated heterocycles. The van der Waals surface area contributed by atoms with Crippen molar-refractivity contribution in [3.8, 4) is 0 Å². The molecule has 82 valence electrons. The Morgan fingerprint density at radius 2 is 1.79 bits per heavy atom. The molecule has 14 heavy (non-hydrogen) atoms. The van der Waals surface area contributed by atoms with E-state index >= 15 is 0 Å². The first kappa shape index (κ1) is 11.5. The number of carbonyl (C=O) groups is 1. The van der Waals surface area contributed by atoms with Gasteiger partial charge >= 0.3 is 0 Å². The maximum Gasteiger partial charge on any atom is 0.236 e. The smallest absolute Gasteiger partial charge is 0.236 e. The van der Waals surface area contributed by atoms with E-state index in [0.717, 1.165) is 13.1 Å². The van der Waals surface area contributed by atoms with Crippen molar-refractivity contribution in [2.75, 3.05) is 26.7 Å². The van der Waals surface area contributed by atoms with Crippen LogP contribution in [0, 0.1) is 0 Å². The molecule has 0 aromatic carbocycles. The molecule has 0 saturated carbocycles. The molecule has 0 spiro atoms. The van der Waals surface area contributed by atoms with Gasteiger partial charge in [-0.3, -0.25) is 9.69 Å². The van der Waals surface area contributed by atoms with Gasteiger partial charge in [0.05, 0.1) is 6.54 Å². The molecule has 0 aromatic heterocycles. The normalized spacial score (nSPS) is 17.9. The average Bonchev–Trinajstić information content (AvgIpc) is 2.53. The molecule has 3 nitrogen and oxygen atoms in total. The number of hydrogen-bond donors (Lipinski definition) is 0. The maximum absolute atomic E-state index is 11.8. The molecule has 0 radical (unpaired) electrons. The van der Waals surface area contributed by atoms with Crippen LogP contribution in [0.4, 0.5) is 0 Å². The Bertz CT molecular complexity index is 202. The third kappa shape index (κ3) is 2.98. The lowest BCUT2D eigenvalue weighted by Gasteiger charge is -2.32. The van der Waals surface area contributed by atoms with Gasteiger partial charge < -0.3 is 4.90 Å². The van der Waals surface area contributed by atoms with Gasteiger partial charge in [0.1, 0.15) is 0 Å². The van der Waals surface area contributed by atoms with Crippen LogP contribution in [-0.4, -0.2) is 47.9 Å². The predicted molar refractivity (Wildman–Crippen MR) is 58.2 cm³/mol. The molecular weight excluding hydrogens is 176 g/mol. The lowest BCUT2D eigenvalue weighted by molar-refractivity contribution is -0.132. The summed E-state index contributed by atoms with van der Waals surface area (Å²) in [4.78, 5) is 15.9. The van der Waals surface area contributed by atoms with Crippen molar-refractivity contribution >= 4 is 5.91 Å². The Hall–Kier alpha value is -0.570. The maximum atomic E-state index is 11.8. The third-order valence-electron chi connectivity index (χ3n) is 2.98. The van der Waals surface area contributed by atoms with E-state index in [1.165, 1.54) is 12.8 Å². The summed E-state index contributed by atoms with van der Waals surface area (Å²) >= 11 is 0. The van der Waals surface area contributed by atoms with Gasteiger partial charge in [-0.1, -0.05) is 0 Å². The molecule has 0 aromatic rings. The standard InChI is InChI=1S/C11H22N2O/c1-11(2,3)12(4)9-10(14)13-7-5-6-8-13/h5-9H2,1-4H3. The average molecular weight is 198 g/mol. The summed E-state index contributed by atoms with van der Waals surface area (Å²) in [7, 11) is 2.01. The molecule has 0 unspecified atom stereocenters. The highest BCUT2D eigenvalue weighted by molar-refractivity contribution is 5.78. The molecule has 3 heteroatoms. The zero-order valence-electron chi connectivity index (χ0n) is 9.84. The van der Waals surface area contributed by atoms with Crippen LogP contribution in [0.25, 0.3) is 0 Å². The lowest BCUT2D eigenvalue weighted by atomic mass is 10.1. The van der Waals surface area contributed by atoms with Crippen molar-refractivity contribution in [3.63, 3.8) is 0 Å². The van der Waals surface area contributed by atoms with Crippen molar-refractivity contribution in [3.05, 3.63) is 0 Å². The van der Waals surface area contributed by atoms with Gasteiger partial charge in [0.2, 0.25) is 5.91 Å². The zero-order chi connectivity index (χ0) is 10.8. The lowest BCUT2D eigenvalue weighted by Crippen LogP contribution is -2.45. The largest absolute Gasteiger partial charge is 0.342 e. The second-order valence-electron chi connectivity index (χ2n) is 5.11. The first-order valence-electron chi connectivity index (χ1n) is 5.40. The van der Waals surface area contributed by atoms with Crippen LogP contribution in [-0.2, 0) is 4.79 Å². The summed E-state index contributed by atoms with van der Waals surface area (Å²) in [5.74, 6) is 0.278. The SMILES string of the molecule is CN(CC(=O)N1CCCC1)C(C)(C)C. The Morgan fingerprint density at radius 3 is 2.21 bits per heavy atom. The minimum absolute atomic E-state index is 0.0788.